The lowest BCUT2D eigenvalue weighted by atomic mass is 9.95. The molecule has 2 unspecified atom stereocenters. The second-order valence-electron chi connectivity index (χ2n) is 6.76. The van der Waals surface area contributed by atoms with E-state index in [0.29, 0.717) is 18.3 Å². The van der Waals surface area contributed by atoms with E-state index < -0.39 is 0 Å². The molecule has 146 valence electrons. The SMILES string of the molecule is CN=C(NCCCOCC1CCOC1)N1CCCC(CC(N)=O)C1.I. The molecule has 7 nitrogen and oxygen atoms in total. The molecule has 0 bridgehead atoms. The first-order valence-electron chi connectivity index (χ1n) is 9.08. The topological polar surface area (TPSA) is 89.2 Å². The molecule has 2 atom stereocenters. The molecule has 0 aromatic rings. The minimum Gasteiger partial charge on any atom is -0.381 e. The highest BCUT2D eigenvalue weighted by atomic mass is 127. The number of amides is 1. The van der Waals surface area contributed by atoms with Crippen LogP contribution in [0.4, 0.5) is 0 Å². The van der Waals surface area contributed by atoms with E-state index in [1.54, 1.807) is 7.05 Å². The largest absolute Gasteiger partial charge is 0.381 e. The number of rotatable bonds is 8. The number of aliphatic imine (C=N–C) groups is 1. The first-order chi connectivity index (χ1) is 11.7. The Bertz CT molecular complexity index is 417. The van der Waals surface area contributed by atoms with Gasteiger partial charge in [0.2, 0.25) is 5.91 Å². The number of halogens is 1. The number of ether oxygens (including phenoxy) is 2. The number of nitrogens with two attached hydrogens (primary N) is 1. The minimum atomic E-state index is -0.213. The van der Waals surface area contributed by atoms with Crippen molar-refractivity contribution in [2.45, 2.75) is 32.1 Å². The van der Waals surface area contributed by atoms with Crippen LogP contribution in [0, 0.1) is 11.8 Å². The number of primary amides is 1. The van der Waals surface area contributed by atoms with Crippen molar-refractivity contribution in [2.75, 3.05) is 53.1 Å². The van der Waals surface area contributed by atoms with E-state index in [2.05, 4.69) is 15.2 Å². The van der Waals surface area contributed by atoms with E-state index in [-0.39, 0.29) is 29.9 Å². The van der Waals surface area contributed by atoms with Crippen LogP contribution in [-0.4, -0.2) is 69.9 Å². The van der Waals surface area contributed by atoms with Gasteiger partial charge in [0.05, 0.1) is 13.2 Å². The van der Waals surface area contributed by atoms with Crippen LogP contribution in [-0.2, 0) is 14.3 Å². The Hall–Kier alpha value is -0.610. The summed E-state index contributed by atoms with van der Waals surface area (Å²) in [5.74, 6) is 1.61. The van der Waals surface area contributed by atoms with Gasteiger partial charge in [0.15, 0.2) is 5.96 Å². The summed E-state index contributed by atoms with van der Waals surface area (Å²) in [5.41, 5.74) is 5.32. The maximum absolute atomic E-state index is 11.1. The Balaban J connectivity index is 0.00000312. The second-order valence-corrected chi connectivity index (χ2v) is 6.76. The number of nitrogens with one attached hydrogen (secondary N) is 1. The van der Waals surface area contributed by atoms with Crippen molar-refractivity contribution in [3.8, 4) is 0 Å². The lowest BCUT2D eigenvalue weighted by molar-refractivity contribution is -0.119. The third kappa shape index (κ3) is 8.54. The monoisotopic (exact) mass is 468 g/mol. The van der Waals surface area contributed by atoms with Crippen molar-refractivity contribution < 1.29 is 14.3 Å². The molecule has 2 rings (SSSR count). The third-order valence-electron chi connectivity index (χ3n) is 4.65. The molecule has 0 aromatic carbocycles. The summed E-state index contributed by atoms with van der Waals surface area (Å²) >= 11 is 0. The fourth-order valence-corrected chi connectivity index (χ4v) is 3.38. The van der Waals surface area contributed by atoms with Crippen LogP contribution in [0.25, 0.3) is 0 Å². The van der Waals surface area contributed by atoms with Gasteiger partial charge >= 0.3 is 0 Å². The van der Waals surface area contributed by atoms with Crippen molar-refractivity contribution in [2.24, 2.45) is 22.6 Å². The molecule has 2 heterocycles. The van der Waals surface area contributed by atoms with Crippen LogP contribution in [0.2, 0.25) is 0 Å². The maximum atomic E-state index is 11.1. The van der Waals surface area contributed by atoms with Gasteiger partial charge in [-0.25, -0.2) is 0 Å². The van der Waals surface area contributed by atoms with E-state index in [0.717, 1.165) is 77.7 Å². The summed E-state index contributed by atoms with van der Waals surface area (Å²) in [6.07, 6.45) is 4.67. The Morgan fingerprint density at radius 1 is 1.40 bits per heavy atom. The number of hydrogen-bond acceptors (Lipinski definition) is 4. The van der Waals surface area contributed by atoms with Gasteiger partial charge in [-0.1, -0.05) is 0 Å². The van der Waals surface area contributed by atoms with Crippen molar-refractivity contribution in [1.82, 2.24) is 10.2 Å². The molecule has 0 saturated carbocycles. The average molecular weight is 468 g/mol. The zero-order valence-corrected chi connectivity index (χ0v) is 17.6. The second kappa shape index (κ2) is 12.7. The lowest BCUT2D eigenvalue weighted by Gasteiger charge is -2.34. The molecule has 2 aliphatic rings. The number of nitrogens with zero attached hydrogens (tertiary/aromatic N) is 2. The molecule has 8 heteroatoms. The van der Waals surface area contributed by atoms with E-state index in [9.17, 15) is 4.79 Å². The van der Waals surface area contributed by atoms with Crippen LogP contribution in [0.1, 0.15) is 32.1 Å². The molecule has 3 N–H and O–H groups in total. The van der Waals surface area contributed by atoms with E-state index in [1.807, 2.05) is 0 Å². The van der Waals surface area contributed by atoms with Crippen LogP contribution in [0.5, 0.6) is 0 Å². The first kappa shape index (κ1) is 22.4. The summed E-state index contributed by atoms with van der Waals surface area (Å²) in [6.45, 7) is 5.93. The molecule has 0 spiro atoms. The average Bonchev–Trinajstić information content (AvgIpc) is 3.07. The zero-order chi connectivity index (χ0) is 17.2. The van der Waals surface area contributed by atoms with Crippen molar-refractivity contribution in [1.29, 1.82) is 0 Å². The van der Waals surface area contributed by atoms with Crippen LogP contribution in [0.15, 0.2) is 4.99 Å². The van der Waals surface area contributed by atoms with Gasteiger partial charge in [-0.2, -0.15) is 0 Å². The smallest absolute Gasteiger partial charge is 0.217 e. The number of carbonyl (C=O) groups is 1. The van der Waals surface area contributed by atoms with Crippen molar-refractivity contribution >= 4 is 35.8 Å². The van der Waals surface area contributed by atoms with Crippen molar-refractivity contribution in [3.63, 3.8) is 0 Å². The van der Waals surface area contributed by atoms with Gasteiger partial charge in [0.1, 0.15) is 0 Å². The predicted octanol–water partition coefficient (Wildman–Crippen LogP) is 1.21. The first-order valence-corrected chi connectivity index (χ1v) is 9.08. The number of piperidine rings is 1. The molecular weight excluding hydrogens is 435 g/mol. The lowest BCUT2D eigenvalue weighted by Crippen LogP contribution is -2.47. The Labute approximate surface area is 168 Å². The zero-order valence-electron chi connectivity index (χ0n) is 15.2. The van der Waals surface area contributed by atoms with Gasteiger partial charge in [-0.15, -0.1) is 24.0 Å². The quantitative estimate of drug-likeness (QED) is 0.242. The molecule has 1 amide bonds. The van der Waals surface area contributed by atoms with E-state index >= 15 is 0 Å². The number of guanidine groups is 1. The van der Waals surface area contributed by atoms with E-state index in [1.165, 1.54) is 0 Å². The molecule has 0 radical (unpaired) electrons. The Morgan fingerprint density at radius 3 is 2.92 bits per heavy atom. The fourth-order valence-electron chi connectivity index (χ4n) is 3.38. The maximum Gasteiger partial charge on any atom is 0.217 e. The van der Waals surface area contributed by atoms with Gasteiger partial charge in [0, 0.05) is 52.2 Å². The summed E-state index contributed by atoms with van der Waals surface area (Å²) < 4.78 is 11.1. The predicted molar refractivity (Wildman–Crippen MR) is 109 cm³/mol. The minimum absolute atomic E-state index is 0. The van der Waals surface area contributed by atoms with Gasteiger partial charge in [-0.3, -0.25) is 9.79 Å². The van der Waals surface area contributed by atoms with Gasteiger partial charge < -0.3 is 25.4 Å². The highest BCUT2D eigenvalue weighted by molar-refractivity contribution is 14.0. The Morgan fingerprint density at radius 2 is 2.24 bits per heavy atom. The molecule has 0 aromatic heterocycles. The van der Waals surface area contributed by atoms with Gasteiger partial charge in [0.25, 0.3) is 0 Å². The normalized spacial score (nSPS) is 24.0. The Kier molecular flexibility index (Phi) is 11.4. The highest BCUT2D eigenvalue weighted by Crippen LogP contribution is 2.19. The van der Waals surface area contributed by atoms with Crippen LogP contribution in [0.3, 0.4) is 0 Å². The summed E-state index contributed by atoms with van der Waals surface area (Å²) in [4.78, 5) is 17.7. The highest BCUT2D eigenvalue weighted by Gasteiger charge is 2.23. The summed E-state index contributed by atoms with van der Waals surface area (Å²) in [5, 5.41) is 3.40. The molecular formula is C17H33IN4O3. The van der Waals surface area contributed by atoms with E-state index in [4.69, 9.17) is 15.2 Å². The molecule has 2 aliphatic heterocycles. The number of carbonyl (C=O) groups excluding carboxylic acids is 1. The molecule has 2 saturated heterocycles. The molecule has 0 aliphatic carbocycles. The fraction of sp³-hybridized carbons (Fsp3) is 0.882. The third-order valence-corrected chi connectivity index (χ3v) is 4.65. The summed E-state index contributed by atoms with van der Waals surface area (Å²) in [7, 11) is 1.80. The van der Waals surface area contributed by atoms with Crippen molar-refractivity contribution in [3.05, 3.63) is 0 Å². The van der Waals surface area contributed by atoms with Gasteiger partial charge in [-0.05, 0) is 31.6 Å². The van der Waals surface area contributed by atoms with Crippen LogP contribution < -0.4 is 11.1 Å². The summed E-state index contributed by atoms with van der Waals surface area (Å²) in [6, 6.07) is 0. The number of likely N-dealkylation sites (tertiary alicyclic amines) is 1. The molecule has 25 heavy (non-hydrogen) atoms. The standard InChI is InChI=1S/C17H32N4O3.HI/c1-19-17(21-7-2-4-14(11-21)10-16(18)22)20-6-3-8-23-12-15-5-9-24-13-15;/h14-15H,2-13H2,1H3,(H2,18,22)(H,19,20);1H. The van der Waals surface area contributed by atoms with Crippen LogP contribution >= 0.6 is 24.0 Å². The number of hydrogen-bond donors (Lipinski definition) is 2. The molecule has 2 fully saturated rings.